The van der Waals surface area contributed by atoms with Gasteiger partial charge in [-0.2, -0.15) is 0 Å². The van der Waals surface area contributed by atoms with Crippen molar-refractivity contribution in [3.8, 4) is 5.75 Å². The number of anilines is 2. The van der Waals surface area contributed by atoms with Crippen LogP contribution in [0.2, 0.25) is 0 Å². The number of halogens is 1. The number of hydrogen-bond acceptors (Lipinski definition) is 2. The molecule has 2 aromatic rings. The predicted octanol–water partition coefficient (Wildman–Crippen LogP) is 5.40. The number of ether oxygens (including phenoxy) is 1. The lowest BCUT2D eigenvalue weighted by molar-refractivity contribution is 0.262. The van der Waals surface area contributed by atoms with E-state index >= 15 is 0 Å². The van der Waals surface area contributed by atoms with Crippen LogP contribution < -0.4 is 15.4 Å². The minimum Gasteiger partial charge on any atom is -0.495 e. The zero-order valence-electron chi connectivity index (χ0n) is 13.7. The van der Waals surface area contributed by atoms with Crippen LogP contribution in [0.15, 0.2) is 46.9 Å². The molecule has 0 atom stereocenters. The minimum atomic E-state index is -0.313. The molecule has 0 aliphatic heterocycles. The number of rotatable bonds is 3. The van der Waals surface area contributed by atoms with Crippen LogP contribution in [0, 0.1) is 0 Å². The number of carbonyl (C=O) groups is 1. The Bertz CT molecular complexity index is 708. The molecule has 4 nitrogen and oxygen atoms in total. The molecule has 0 aliphatic rings. The molecule has 2 rings (SSSR count). The summed E-state index contributed by atoms with van der Waals surface area (Å²) < 4.78 is 6.12. The number of amides is 2. The molecule has 0 aromatic heterocycles. The topological polar surface area (TPSA) is 50.4 Å². The van der Waals surface area contributed by atoms with Crippen molar-refractivity contribution in [3.05, 3.63) is 52.5 Å². The molecular formula is C18H21BrN2O2. The summed E-state index contributed by atoms with van der Waals surface area (Å²) in [5, 5.41) is 5.66. The molecule has 2 amide bonds. The fraction of sp³-hybridized carbons (Fsp3) is 0.278. The average molecular weight is 377 g/mol. The molecule has 23 heavy (non-hydrogen) atoms. The third-order valence-corrected chi connectivity index (χ3v) is 3.89. The van der Waals surface area contributed by atoms with Crippen molar-refractivity contribution in [1.29, 1.82) is 0 Å². The summed E-state index contributed by atoms with van der Waals surface area (Å²) in [5.41, 5.74) is 2.55. The smallest absolute Gasteiger partial charge is 0.323 e. The number of benzene rings is 2. The quantitative estimate of drug-likeness (QED) is 0.753. The van der Waals surface area contributed by atoms with Gasteiger partial charge >= 0.3 is 6.03 Å². The first-order chi connectivity index (χ1) is 10.8. The van der Waals surface area contributed by atoms with Crippen LogP contribution in [-0.4, -0.2) is 13.1 Å². The maximum atomic E-state index is 12.2. The maximum Gasteiger partial charge on any atom is 0.323 e. The molecule has 0 heterocycles. The highest BCUT2D eigenvalue weighted by Gasteiger charge is 2.14. The normalized spacial score (nSPS) is 11.0. The van der Waals surface area contributed by atoms with Crippen molar-refractivity contribution >= 4 is 33.3 Å². The highest BCUT2D eigenvalue weighted by Crippen LogP contribution is 2.28. The summed E-state index contributed by atoms with van der Waals surface area (Å²) in [5.74, 6) is 0.604. The Morgan fingerprint density at radius 3 is 2.48 bits per heavy atom. The largest absolute Gasteiger partial charge is 0.495 e. The van der Waals surface area contributed by atoms with Crippen LogP contribution in [0.3, 0.4) is 0 Å². The Morgan fingerprint density at radius 2 is 1.83 bits per heavy atom. The minimum absolute atomic E-state index is 0.0294. The molecule has 0 radical (unpaired) electrons. The van der Waals surface area contributed by atoms with Gasteiger partial charge in [-0.05, 0) is 41.3 Å². The van der Waals surface area contributed by atoms with Crippen molar-refractivity contribution in [3.63, 3.8) is 0 Å². The standard InChI is InChI=1S/C18H21BrN2O2/c1-18(2,3)12-6-5-7-14(10-12)20-17(22)21-15-11-13(19)8-9-16(15)23-4/h5-11H,1-4H3,(H2,20,21,22). The van der Waals surface area contributed by atoms with Crippen LogP contribution in [-0.2, 0) is 5.41 Å². The van der Waals surface area contributed by atoms with E-state index in [1.54, 1.807) is 19.2 Å². The van der Waals surface area contributed by atoms with Crippen molar-refractivity contribution in [2.75, 3.05) is 17.7 Å². The second-order valence-electron chi connectivity index (χ2n) is 6.25. The van der Waals surface area contributed by atoms with E-state index in [-0.39, 0.29) is 11.4 Å². The Labute approximate surface area is 145 Å². The van der Waals surface area contributed by atoms with Crippen LogP contribution in [0.4, 0.5) is 16.2 Å². The summed E-state index contributed by atoms with van der Waals surface area (Å²) in [4.78, 5) is 12.2. The van der Waals surface area contributed by atoms with E-state index in [0.717, 1.165) is 15.7 Å². The summed E-state index contributed by atoms with van der Waals surface area (Å²) in [6.07, 6.45) is 0. The lowest BCUT2D eigenvalue weighted by Gasteiger charge is -2.20. The molecule has 0 spiro atoms. The molecule has 0 aliphatic carbocycles. The lowest BCUT2D eigenvalue weighted by atomic mass is 9.87. The third kappa shape index (κ3) is 4.73. The van der Waals surface area contributed by atoms with Gasteiger partial charge in [0.2, 0.25) is 0 Å². The van der Waals surface area contributed by atoms with E-state index in [0.29, 0.717) is 11.4 Å². The number of carbonyl (C=O) groups excluding carboxylic acids is 1. The summed E-state index contributed by atoms with van der Waals surface area (Å²) in [6.45, 7) is 6.41. The number of hydrogen-bond donors (Lipinski definition) is 2. The van der Waals surface area contributed by atoms with E-state index in [4.69, 9.17) is 4.74 Å². The van der Waals surface area contributed by atoms with Gasteiger partial charge in [-0.25, -0.2) is 4.79 Å². The van der Waals surface area contributed by atoms with Gasteiger partial charge in [-0.1, -0.05) is 48.8 Å². The zero-order chi connectivity index (χ0) is 17.0. The molecule has 122 valence electrons. The number of urea groups is 1. The number of methoxy groups -OCH3 is 1. The number of nitrogens with one attached hydrogen (secondary N) is 2. The Balaban J connectivity index is 2.13. The zero-order valence-corrected chi connectivity index (χ0v) is 15.3. The second kappa shape index (κ2) is 7.04. The maximum absolute atomic E-state index is 12.2. The van der Waals surface area contributed by atoms with Crippen molar-refractivity contribution in [2.45, 2.75) is 26.2 Å². The van der Waals surface area contributed by atoms with Gasteiger partial charge in [-0.15, -0.1) is 0 Å². The first-order valence-electron chi connectivity index (χ1n) is 7.31. The SMILES string of the molecule is COc1ccc(Br)cc1NC(=O)Nc1cccc(C(C)(C)C)c1. The van der Waals surface area contributed by atoms with E-state index < -0.39 is 0 Å². The van der Waals surface area contributed by atoms with E-state index in [1.165, 1.54) is 0 Å². The molecule has 2 N–H and O–H groups in total. The molecule has 5 heteroatoms. The van der Waals surface area contributed by atoms with Gasteiger partial charge < -0.3 is 15.4 Å². The van der Waals surface area contributed by atoms with E-state index in [1.807, 2.05) is 24.3 Å². The average Bonchev–Trinajstić information content (AvgIpc) is 2.46. The van der Waals surface area contributed by atoms with Crippen molar-refractivity contribution in [2.24, 2.45) is 0 Å². The van der Waals surface area contributed by atoms with Crippen LogP contribution in [0.1, 0.15) is 26.3 Å². The lowest BCUT2D eigenvalue weighted by Crippen LogP contribution is -2.20. The van der Waals surface area contributed by atoms with Crippen molar-refractivity contribution < 1.29 is 9.53 Å². The van der Waals surface area contributed by atoms with Gasteiger partial charge in [0.25, 0.3) is 0 Å². The highest BCUT2D eigenvalue weighted by molar-refractivity contribution is 9.10. The van der Waals surface area contributed by atoms with E-state index in [2.05, 4.69) is 53.4 Å². The predicted molar refractivity (Wildman–Crippen MR) is 98.5 cm³/mol. The van der Waals surface area contributed by atoms with Crippen molar-refractivity contribution in [1.82, 2.24) is 0 Å². The van der Waals surface area contributed by atoms with E-state index in [9.17, 15) is 4.79 Å². The molecule has 0 saturated heterocycles. The first kappa shape index (κ1) is 17.3. The molecule has 2 aromatic carbocycles. The third-order valence-electron chi connectivity index (χ3n) is 3.40. The van der Waals surface area contributed by atoms with Gasteiger partial charge in [-0.3, -0.25) is 0 Å². The monoisotopic (exact) mass is 376 g/mol. The first-order valence-corrected chi connectivity index (χ1v) is 8.11. The fourth-order valence-electron chi connectivity index (χ4n) is 2.13. The summed E-state index contributed by atoms with van der Waals surface area (Å²) in [6, 6.07) is 13.0. The van der Waals surface area contributed by atoms with Crippen LogP contribution >= 0.6 is 15.9 Å². The Morgan fingerprint density at radius 1 is 1.09 bits per heavy atom. The Hall–Kier alpha value is -2.01. The van der Waals surface area contributed by atoms with Crippen LogP contribution in [0.5, 0.6) is 5.75 Å². The molecule has 0 unspecified atom stereocenters. The van der Waals surface area contributed by atoms with Gasteiger partial charge in [0.15, 0.2) is 0 Å². The highest BCUT2D eigenvalue weighted by atomic mass is 79.9. The van der Waals surface area contributed by atoms with Gasteiger partial charge in [0.1, 0.15) is 5.75 Å². The summed E-state index contributed by atoms with van der Waals surface area (Å²) in [7, 11) is 1.57. The molecule has 0 saturated carbocycles. The molecule has 0 fully saturated rings. The molecule has 0 bridgehead atoms. The van der Waals surface area contributed by atoms with Gasteiger partial charge in [0, 0.05) is 10.2 Å². The summed E-state index contributed by atoms with van der Waals surface area (Å²) >= 11 is 3.39. The van der Waals surface area contributed by atoms with Crippen LogP contribution in [0.25, 0.3) is 0 Å². The molecular weight excluding hydrogens is 356 g/mol. The second-order valence-corrected chi connectivity index (χ2v) is 7.17. The fourth-order valence-corrected chi connectivity index (χ4v) is 2.49. The van der Waals surface area contributed by atoms with Gasteiger partial charge in [0.05, 0.1) is 12.8 Å². The Kier molecular flexibility index (Phi) is 5.31.